The van der Waals surface area contributed by atoms with Gasteiger partial charge in [0.25, 0.3) is 0 Å². The lowest BCUT2D eigenvalue weighted by Crippen LogP contribution is -2.32. The zero-order chi connectivity index (χ0) is 12.1. The van der Waals surface area contributed by atoms with E-state index in [4.69, 9.17) is 10.5 Å². The van der Waals surface area contributed by atoms with Gasteiger partial charge < -0.3 is 15.4 Å². The van der Waals surface area contributed by atoms with Crippen molar-refractivity contribution in [1.29, 1.82) is 0 Å². The SMILES string of the molecule is CCC(C)N(CC)c1cc(N)cc(OC)c1. The number of nitrogen functional groups attached to an aromatic ring is 1. The van der Waals surface area contributed by atoms with E-state index in [1.165, 1.54) is 0 Å². The van der Waals surface area contributed by atoms with Gasteiger partial charge >= 0.3 is 0 Å². The highest BCUT2D eigenvalue weighted by atomic mass is 16.5. The maximum atomic E-state index is 5.86. The van der Waals surface area contributed by atoms with Crippen molar-refractivity contribution in [1.82, 2.24) is 0 Å². The number of nitrogens with zero attached hydrogens (tertiary/aromatic N) is 1. The van der Waals surface area contributed by atoms with Gasteiger partial charge in [0.2, 0.25) is 0 Å². The monoisotopic (exact) mass is 222 g/mol. The molecule has 0 spiro atoms. The zero-order valence-corrected chi connectivity index (χ0v) is 10.7. The second kappa shape index (κ2) is 5.64. The molecule has 0 aliphatic carbocycles. The second-order valence-electron chi connectivity index (χ2n) is 4.01. The Labute approximate surface area is 98.2 Å². The van der Waals surface area contributed by atoms with E-state index in [2.05, 4.69) is 25.7 Å². The molecule has 3 heteroatoms. The van der Waals surface area contributed by atoms with Crippen LogP contribution in [0, 0.1) is 0 Å². The van der Waals surface area contributed by atoms with Gasteiger partial charge in [-0.2, -0.15) is 0 Å². The van der Waals surface area contributed by atoms with Gasteiger partial charge in [0.05, 0.1) is 7.11 Å². The summed E-state index contributed by atoms with van der Waals surface area (Å²) in [7, 11) is 1.66. The van der Waals surface area contributed by atoms with E-state index in [9.17, 15) is 0 Å². The standard InChI is InChI=1S/C13H22N2O/c1-5-10(3)15(6-2)12-7-11(14)8-13(9-12)16-4/h7-10H,5-6,14H2,1-4H3. The van der Waals surface area contributed by atoms with Gasteiger partial charge in [-0.15, -0.1) is 0 Å². The van der Waals surface area contributed by atoms with E-state index >= 15 is 0 Å². The van der Waals surface area contributed by atoms with Crippen LogP contribution >= 0.6 is 0 Å². The number of nitrogens with two attached hydrogens (primary N) is 1. The average Bonchev–Trinajstić information content (AvgIpc) is 2.29. The van der Waals surface area contributed by atoms with Crippen LogP contribution in [0.4, 0.5) is 11.4 Å². The molecule has 0 fully saturated rings. The number of rotatable bonds is 5. The van der Waals surface area contributed by atoms with E-state index in [1.54, 1.807) is 7.11 Å². The molecule has 3 nitrogen and oxygen atoms in total. The Morgan fingerprint density at radius 3 is 2.50 bits per heavy atom. The minimum Gasteiger partial charge on any atom is -0.497 e. The summed E-state index contributed by atoms with van der Waals surface area (Å²) in [5.41, 5.74) is 7.74. The minimum absolute atomic E-state index is 0.511. The largest absolute Gasteiger partial charge is 0.497 e. The molecular weight excluding hydrogens is 200 g/mol. The summed E-state index contributed by atoms with van der Waals surface area (Å²) >= 11 is 0. The van der Waals surface area contributed by atoms with E-state index in [-0.39, 0.29) is 0 Å². The third kappa shape index (κ3) is 2.81. The molecule has 1 rings (SSSR count). The van der Waals surface area contributed by atoms with Crippen molar-refractivity contribution in [2.45, 2.75) is 33.2 Å². The first-order chi connectivity index (χ1) is 7.62. The molecule has 1 unspecified atom stereocenters. The summed E-state index contributed by atoms with van der Waals surface area (Å²) in [4.78, 5) is 2.33. The van der Waals surface area contributed by atoms with Crippen molar-refractivity contribution in [3.05, 3.63) is 18.2 Å². The minimum atomic E-state index is 0.511. The molecule has 1 atom stereocenters. The quantitative estimate of drug-likeness (QED) is 0.778. The van der Waals surface area contributed by atoms with Crippen LogP contribution in [-0.4, -0.2) is 19.7 Å². The third-order valence-electron chi connectivity index (χ3n) is 2.94. The van der Waals surface area contributed by atoms with Crippen molar-refractivity contribution in [3.8, 4) is 5.75 Å². The molecule has 0 saturated carbocycles. The molecule has 0 bridgehead atoms. The Morgan fingerprint density at radius 1 is 1.31 bits per heavy atom. The van der Waals surface area contributed by atoms with Crippen LogP contribution in [0.25, 0.3) is 0 Å². The Kier molecular flexibility index (Phi) is 4.47. The van der Waals surface area contributed by atoms with Gasteiger partial charge in [-0.3, -0.25) is 0 Å². The second-order valence-corrected chi connectivity index (χ2v) is 4.01. The smallest absolute Gasteiger partial charge is 0.122 e. The normalized spacial score (nSPS) is 12.2. The zero-order valence-electron chi connectivity index (χ0n) is 10.7. The van der Waals surface area contributed by atoms with E-state index < -0.39 is 0 Å². The van der Waals surface area contributed by atoms with Crippen LogP contribution in [0.2, 0.25) is 0 Å². The van der Waals surface area contributed by atoms with E-state index in [1.807, 2.05) is 18.2 Å². The molecule has 0 heterocycles. The van der Waals surface area contributed by atoms with E-state index in [0.717, 1.165) is 30.1 Å². The molecule has 0 aliphatic heterocycles. The van der Waals surface area contributed by atoms with Gasteiger partial charge in [-0.25, -0.2) is 0 Å². The van der Waals surface area contributed by atoms with Gasteiger partial charge in [0.15, 0.2) is 0 Å². The Bertz CT molecular complexity index is 339. The highest BCUT2D eigenvalue weighted by Crippen LogP contribution is 2.27. The summed E-state index contributed by atoms with van der Waals surface area (Å²) in [5, 5.41) is 0. The molecule has 0 amide bonds. The van der Waals surface area contributed by atoms with Crippen LogP contribution in [-0.2, 0) is 0 Å². The van der Waals surface area contributed by atoms with Gasteiger partial charge in [0.1, 0.15) is 5.75 Å². The number of anilines is 2. The van der Waals surface area contributed by atoms with Gasteiger partial charge in [-0.1, -0.05) is 6.92 Å². The van der Waals surface area contributed by atoms with Crippen molar-refractivity contribution in [2.75, 3.05) is 24.3 Å². The molecule has 0 radical (unpaired) electrons. The van der Waals surface area contributed by atoms with E-state index in [0.29, 0.717) is 6.04 Å². The Hall–Kier alpha value is -1.38. The van der Waals surface area contributed by atoms with Crippen LogP contribution in [0.5, 0.6) is 5.75 Å². The first-order valence-corrected chi connectivity index (χ1v) is 5.83. The number of methoxy groups -OCH3 is 1. The first kappa shape index (κ1) is 12.7. The average molecular weight is 222 g/mol. The lowest BCUT2D eigenvalue weighted by Gasteiger charge is -2.30. The maximum Gasteiger partial charge on any atom is 0.122 e. The predicted octanol–water partition coefficient (Wildman–Crippen LogP) is 2.90. The van der Waals surface area contributed by atoms with Gasteiger partial charge in [0, 0.05) is 36.1 Å². The predicted molar refractivity (Wildman–Crippen MR) is 70.2 cm³/mol. The number of benzene rings is 1. The molecular formula is C13H22N2O. The molecule has 90 valence electrons. The molecule has 1 aromatic carbocycles. The van der Waals surface area contributed by atoms with Crippen LogP contribution < -0.4 is 15.4 Å². The molecule has 1 aromatic rings. The van der Waals surface area contributed by atoms with Crippen LogP contribution in [0.15, 0.2) is 18.2 Å². The summed E-state index contributed by atoms with van der Waals surface area (Å²) < 4.78 is 5.24. The van der Waals surface area contributed by atoms with Gasteiger partial charge in [-0.05, 0) is 26.3 Å². The first-order valence-electron chi connectivity index (χ1n) is 5.83. The summed E-state index contributed by atoms with van der Waals surface area (Å²) in [6.07, 6.45) is 1.12. The third-order valence-corrected chi connectivity index (χ3v) is 2.94. The fraction of sp³-hybridized carbons (Fsp3) is 0.538. The number of hydrogen-bond acceptors (Lipinski definition) is 3. The van der Waals surface area contributed by atoms with Crippen LogP contribution in [0.3, 0.4) is 0 Å². The number of hydrogen-bond donors (Lipinski definition) is 1. The number of ether oxygens (including phenoxy) is 1. The topological polar surface area (TPSA) is 38.5 Å². The van der Waals surface area contributed by atoms with Crippen molar-refractivity contribution >= 4 is 11.4 Å². The fourth-order valence-corrected chi connectivity index (χ4v) is 1.86. The van der Waals surface area contributed by atoms with Crippen molar-refractivity contribution in [2.24, 2.45) is 0 Å². The Balaban J connectivity index is 3.04. The lowest BCUT2D eigenvalue weighted by atomic mass is 10.1. The molecule has 0 saturated heterocycles. The van der Waals surface area contributed by atoms with Crippen molar-refractivity contribution in [3.63, 3.8) is 0 Å². The van der Waals surface area contributed by atoms with Crippen LogP contribution in [0.1, 0.15) is 27.2 Å². The maximum absolute atomic E-state index is 5.86. The highest BCUT2D eigenvalue weighted by molar-refractivity contribution is 5.60. The fourth-order valence-electron chi connectivity index (χ4n) is 1.86. The summed E-state index contributed by atoms with van der Waals surface area (Å²) in [6, 6.07) is 6.38. The highest BCUT2D eigenvalue weighted by Gasteiger charge is 2.12. The van der Waals surface area contributed by atoms with Crippen molar-refractivity contribution < 1.29 is 4.74 Å². The molecule has 16 heavy (non-hydrogen) atoms. The molecule has 0 aliphatic rings. The Morgan fingerprint density at radius 2 is 2.00 bits per heavy atom. The summed E-state index contributed by atoms with van der Waals surface area (Å²) in [6.45, 7) is 7.54. The molecule has 2 N–H and O–H groups in total. The molecule has 0 aromatic heterocycles. The summed E-state index contributed by atoms with van der Waals surface area (Å²) in [5.74, 6) is 0.816. The lowest BCUT2D eigenvalue weighted by molar-refractivity contribution is 0.415.